The smallest absolute Gasteiger partial charge is 0.341 e. The molecule has 0 spiro atoms. The first-order valence-corrected chi connectivity index (χ1v) is 7.30. The van der Waals surface area contributed by atoms with Gasteiger partial charge in [-0.3, -0.25) is 10.1 Å². The van der Waals surface area contributed by atoms with Crippen molar-refractivity contribution in [3.63, 3.8) is 0 Å². The molecule has 0 aliphatic carbocycles. The minimum absolute atomic E-state index is 0.0747. The summed E-state index contributed by atoms with van der Waals surface area (Å²) in [7, 11) is 3.36. The number of esters is 1. The maximum Gasteiger partial charge on any atom is 0.341 e. The first-order chi connectivity index (χ1) is 11.5. The Bertz CT molecular complexity index is 795. The molecule has 0 radical (unpaired) electrons. The summed E-state index contributed by atoms with van der Waals surface area (Å²) >= 11 is 0. The van der Waals surface area contributed by atoms with E-state index in [0.717, 1.165) is 0 Å². The van der Waals surface area contributed by atoms with Gasteiger partial charge in [-0.25, -0.2) is 9.78 Å². The van der Waals surface area contributed by atoms with E-state index in [0.29, 0.717) is 17.1 Å². The molecular weight excluding hydrogens is 312 g/mol. The van der Waals surface area contributed by atoms with Crippen LogP contribution in [0.2, 0.25) is 0 Å². The minimum atomic E-state index is -0.535. The fourth-order valence-electron chi connectivity index (χ4n) is 2.22. The second-order valence-corrected chi connectivity index (χ2v) is 4.92. The van der Waals surface area contributed by atoms with Gasteiger partial charge in [-0.1, -0.05) is 6.07 Å². The molecule has 0 aliphatic rings. The normalized spacial score (nSPS) is 11.2. The van der Waals surface area contributed by atoms with Crippen molar-refractivity contribution in [3.8, 4) is 0 Å². The average molecular weight is 330 g/mol. The van der Waals surface area contributed by atoms with E-state index in [9.17, 15) is 14.9 Å². The van der Waals surface area contributed by atoms with Crippen LogP contribution in [0.1, 0.15) is 18.3 Å². The Hall–Kier alpha value is -3.16. The zero-order valence-corrected chi connectivity index (χ0v) is 13.6. The number of ether oxygens (including phenoxy) is 1. The highest BCUT2D eigenvalue weighted by atomic mass is 16.6. The number of nitrogens with zero attached hydrogens (tertiary/aromatic N) is 3. The molecule has 2 aromatic rings. The SMILES string of the molecule is CCOC(=O)/C(=C/c1ccc(NC)c([N+](=O)[O-])c1)c1nccn1C. The second kappa shape index (κ2) is 7.40. The number of aromatic nitrogens is 2. The Morgan fingerprint density at radius 3 is 2.79 bits per heavy atom. The van der Waals surface area contributed by atoms with Crippen LogP contribution >= 0.6 is 0 Å². The summed E-state index contributed by atoms with van der Waals surface area (Å²) in [6.07, 6.45) is 4.80. The van der Waals surface area contributed by atoms with Crippen molar-refractivity contribution in [1.82, 2.24) is 9.55 Å². The Morgan fingerprint density at radius 1 is 1.50 bits per heavy atom. The van der Waals surface area contributed by atoms with Gasteiger partial charge in [0.2, 0.25) is 0 Å². The van der Waals surface area contributed by atoms with Gasteiger partial charge in [0.1, 0.15) is 17.1 Å². The number of imidazole rings is 1. The monoisotopic (exact) mass is 330 g/mol. The number of carbonyl (C=O) groups is 1. The molecule has 2 rings (SSSR count). The predicted molar refractivity (Wildman–Crippen MR) is 90.4 cm³/mol. The Balaban J connectivity index is 2.54. The zero-order valence-electron chi connectivity index (χ0n) is 13.6. The molecule has 1 aromatic heterocycles. The fourth-order valence-corrected chi connectivity index (χ4v) is 2.22. The van der Waals surface area contributed by atoms with E-state index in [1.54, 1.807) is 50.1 Å². The number of nitro groups is 1. The van der Waals surface area contributed by atoms with Crippen LogP contribution in [0.25, 0.3) is 11.6 Å². The van der Waals surface area contributed by atoms with Gasteiger partial charge in [-0.2, -0.15) is 0 Å². The molecular formula is C16H18N4O4. The predicted octanol–water partition coefficient (Wildman–Crippen LogP) is 2.47. The van der Waals surface area contributed by atoms with Crippen molar-refractivity contribution in [2.24, 2.45) is 7.05 Å². The van der Waals surface area contributed by atoms with Crippen LogP contribution in [0, 0.1) is 10.1 Å². The van der Waals surface area contributed by atoms with Crippen molar-refractivity contribution in [1.29, 1.82) is 0 Å². The largest absolute Gasteiger partial charge is 0.462 e. The first kappa shape index (κ1) is 17.2. The molecule has 0 saturated heterocycles. The van der Waals surface area contributed by atoms with E-state index in [4.69, 9.17) is 4.74 Å². The number of nitrogens with one attached hydrogen (secondary N) is 1. The third kappa shape index (κ3) is 3.60. The van der Waals surface area contributed by atoms with Gasteiger partial charge in [-0.05, 0) is 24.6 Å². The lowest BCUT2D eigenvalue weighted by Crippen LogP contribution is -2.10. The molecule has 0 amide bonds. The summed E-state index contributed by atoms with van der Waals surface area (Å²) < 4.78 is 6.75. The van der Waals surface area contributed by atoms with E-state index in [1.165, 1.54) is 12.1 Å². The molecule has 0 fully saturated rings. The van der Waals surface area contributed by atoms with Gasteiger partial charge in [-0.15, -0.1) is 0 Å². The molecule has 24 heavy (non-hydrogen) atoms. The van der Waals surface area contributed by atoms with E-state index in [2.05, 4.69) is 10.3 Å². The molecule has 0 bridgehead atoms. The summed E-state index contributed by atoms with van der Waals surface area (Å²) in [4.78, 5) is 27.1. The lowest BCUT2D eigenvalue weighted by atomic mass is 10.1. The van der Waals surface area contributed by atoms with Crippen LogP contribution in [-0.4, -0.2) is 34.1 Å². The van der Waals surface area contributed by atoms with Crippen LogP contribution in [0.15, 0.2) is 30.6 Å². The first-order valence-electron chi connectivity index (χ1n) is 7.30. The topological polar surface area (TPSA) is 99.3 Å². The van der Waals surface area contributed by atoms with Crippen LogP contribution in [0.3, 0.4) is 0 Å². The second-order valence-electron chi connectivity index (χ2n) is 4.92. The van der Waals surface area contributed by atoms with E-state index in [1.807, 2.05) is 0 Å². The minimum Gasteiger partial charge on any atom is -0.462 e. The molecule has 0 saturated carbocycles. The number of hydrogen-bond donors (Lipinski definition) is 1. The van der Waals surface area contributed by atoms with Crippen LogP contribution in [0.5, 0.6) is 0 Å². The average Bonchev–Trinajstić information content (AvgIpc) is 2.98. The Morgan fingerprint density at radius 2 is 2.25 bits per heavy atom. The molecule has 0 atom stereocenters. The number of benzene rings is 1. The summed E-state index contributed by atoms with van der Waals surface area (Å²) in [6.45, 7) is 1.93. The third-order valence-corrected chi connectivity index (χ3v) is 3.36. The van der Waals surface area contributed by atoms with Gasteiger partial charge in [0.25, 0.3) is 5.69 Å². The number of carbonyl (C=O) groups excluding carboxylic acids is 1. The van der Waals surface area contributed by atoms with E-state index in [-0.39, 0.29) is 17.9 Å². The van der Waals surface area contributed by atoms with Crippen molar-refractivity contribution in [3.05, 3.63) is 52.1 Å². The number of hydrogen-bond acceptors (Lipinski definition) is 6. The molecule has 1 N–H and O–H groups in total. The zero-order chi connectivity index (χ0) is 17.7. The number of aryl methyl sites for hydroxylation is 1. The Labute approximate surface area is 138 Å². The lowest BCUT2D eigenvalue weighted by Gasteiger charge is -2.08. The molecule has 0 aliphatic heterocycles. The van der Waals surface area contributed by atoms with Gasteiger partial charge in [0, 0.05) is 32.6 Å². The van der Waals surface area contributed by atoms with Crippen LogP contribution < -0.4 is 5.32 Å². The quantitative estimate of drug-likeness (QED) is 0.378. The molecule has 0 unspecified atom stereocenters. The molecule has 1 aromatic carbocycles. The van der Waals surface area contributed by atoms with Crippen molar-refractivity contribution >= 4 is 29.0 Å². The van der Waals surface area contributed by atoms with Gasteiger partial charge < -0.3 is 14.6 Å². The van der Waals surface area contributed by atoms with Crippen molar-refractivity contribution < 1.29 is 14.5 Å². The maximum absolute atomic E-state index is 12.3. The summed E-state index contributed by atoms with van der Waals surface area (Å²) in [5.41, 5.74) is 1.06. The van der Waals surface area contributed by atoms with Gasteiger partial charge in [0.15, 0.2) is 0 Å². The fraction of sp³-hybridized carbons (Fsp3) is 0.250. The number of rotatable bonds is 6. The van der Waals surface area contributed by atoms with Crippen LogP contribution in [0.4, 0.5) is 11.4 Å². The summed E-state index contributed by atoms with van der Waals surface area (Å²) in [5, 5.41) is 13.9. The van der Waals surface area contributed by atoms with Gasteiger partial charge in [0.05, 0.1) is 11.5 Å². The van der Waals surface area contributed by atoms with Crippen LogP contribution in [-0.2, 0) is 16.6 Å². The molecule has 126 valence electrons. The van der Waals surface area contributed by atoms with Crippen molar-refractivity contribution in [2.45, 2.75) is 6.92 Å². The van der Waals surface area contributed by atoms with E-state index < -0.39 is 10.9 Å². The summed E-state index contributed by atoms with van der Waals surface area (Å²) in [5.74, 6) is -0.110. The molecule has 1 heterocycles. The number of nitro benzene ring substituents is 1. The molecule has 8 nitrogen and oxygen atoms in total. The Kier molecular flexibility index (Phi) is 5.31. The highest BCUT2D eigenvalue weighted by Crippen LogP contribution is 2.27. The maximum atomic E-state index is 12.3. The highest BCUT2D eigenvalue weighted by molar-refractivity contribution is 6.20. The van der Waals surface area contributed by atoms with Gasteiger partial charge >= 0.3 is 5.97 Å². The highest BCUT2D eigenvalue weighted by Gasteiger charge is 2.19. The van der Waals surface area contributed by atoms with E-state index >= 15 is 0 Å². The summed E-state index contributed by atoms with van der Waals surface area (Å²) in [6, 6.07) is 4.67. The lowest BCUT2D eigenvalue weighted by molar-refractivity contribution is -0.384. The third-order valence-electron chi connectivity index (χ3n) is 3.36. The standard InChI is InChI=1S/C16H18N4O4/c1-4-24-16(21)12(15-18-7-8-19(15)3)9-11-5-6-13(17-2)14(10-11)20(22)23/h5-10,17H,4H2,1-3H3/b12-9+. The van der Waals surface area contributed by atoms with Crippen molar-refractivity contribution in [2.75, 3.05) is 19.0 Å². The molecule has 8 heteroatoms. The number of anilines is 1.